The van der Waals surface area contributed by atoms with Gasteiger partial charge >= 0.3 is 0 Å². The second-order valence-corrected chi connectivity index (χ2v) is 5.73. The van der Waals surface area contributed by atoms with Gasteiger partial charge in [0.25, 0.3) is 5.91 Å². The summed E-state index contributed by atoms with van der Waals surface area (Å²) in [5.74, 6) is -1.13. The van der Waals surface area contributed by atoms with E-state index in [4.69, 9.17) is 10.5 Å². The zero-order valence-electron chi connectivity index (χ0n) is 14.6. The zero-order chi connectivity index (χ0) is 18.4. The van der Waals surface area contributed by atoms with Crippen LogP contribution >= 0.6 is 0 Å². The van der Waals surface area contributed by atoms with Crippen LogP contribution in [-0.4, -0.2) is 62.1 Å². The second kappa shape index (κ2) is 8.89. The molecule has 0 aliphatic carbocycles. The van der Waals surface area contributed by atoms with Gasteiger partial charge in [0.05, 0.1) is 12.3 Å². The fourth-order valence-corrected chi connectivity index (χ4v) is 2.89. The first-order valence-electron chi connectivity index (χ1n) is 8.44. The Labute approximate surface area is 146 Å². The van der Waals surface area contributed by atoms with Crippen LogP contribution in [0.15, 0.2) is 18.2 Å². The SMILES string of the molecule is CCN(CC)[C@@H](CN)C(=O)Nc1ccc(N2CCOCC2=O)c(F)c1. The van der Waals surface area contributed by atoms with Crippen molar-refractivity contribution in [2.24, 2.45) is 5.73 Å². The molecule has 0 spiro atoms. The Balaban J connectivity index is 2.12. The Morgan fingerprint density at radius 1 is 1.44 bits per heavy atom. The van der Waals surface area contributed by atoms with Crippen LogP contribution in [0.1, 0.15) is 13.8 Å². The van der Waals surface area contributed by atoms with Gasteiger partial charge in [0.15, 0.2) is 0 Å². The molecule has 0 aromatic heterocycles. The standard InChI is InChI=1S/C17H25FN4O3/c1-3-21(4-2)15(10-19)17(24)20-12-5-6-14(13(18)9-12)22-7-8-25-11-16(22)23/h5-6,9,15H,3-4,7-8,10-11,19H2,1-2H3,(H,20,24)/t15-/m0/s1. The summed E-state index contributed by atoms with van der Waals surface area (Å²) >= 11 is 0. The number of benzene rings is 1. The third kappa shape index (κ3) is 4.53. The predicted octanol–water partition coefficient (Wildman–Crippen LogP) is 0.797. The normalized spacial score (nSPS) is 16.2. The molecule has 138 valence electrons. The Kier molecular flexibility index (Phi) is 6.86. The number of likely N-dealkylation sites (N-methyl/N-ethyl adjacent to an activating group) is 1. The van der Waals surface area contributed by atoms with Crippen molar-refractivity contribution in [3.8, 4) is 0 Å². The average Bonchev–Trinajstić information content (AvgIpc) is 2.60. The van der Waals surface area contributed by atoms with E-state index >= 15 is 0 Å². The lowest BCUT2D eigenvalue weighted by Gasteiger charge is -2.28. The minimum atomic E-state index is -0.569. The largest absolute Gasteiger partial charge is 0.370 e. The van der Waals surface area contributed by atoms with E-state index in [1.807, 2.05) is 18.7 Å². The molecule has 8 heteroatoms. The molecule has 2 amide bonds. The number of nitrogens with zero attached hydrogens (tertiary/aromatic N) is 2. The summed E-state index contributed by atoms with van der Waals surface area (Å²) in [4.78, 5) is 27.5. The van der Waals surface area contributed by atoms with E-state index in [0.29, 0.717) is 31.9 Å². The first-order chi connectivity index (χ1) is 12.0. The summed E-state index contributed by atoms with van der Waals surface area (Å²) < 4.78 is 19.5. The summed E-state index contributed by atoms with van der Waals surface area (Å²) in [7, 11) is 0. The van der Waals surface area contributed by atoms with Crippen LogP contribution in [0.5, 0.6) is 0 Å². The van der Waals surface area contributed by atoms with Crippen LogP contribution in [0, 0.1) is 5.82 Å². The minimum absolute atomic E-state index is 0.0556. The molecule has 1 aromatic carbocycles. The van der Waals surface area contributed by atoms with Crippen molar-refractivity contribution < 1.29 is 18.7 Å². The first-order valence-corrected chi connectivity index (χ1v) is 8.44. The van der Waals surface area contributed by atoms with Crippen LogP contribution in [0.4, 0.5) is 15.8 Å². The third-order valence-electron chi connectivity index (χ3n) is 4.27. The Morgan fingerprint density at radius 3 is 2.72 bits per heavy atom. The quantitative estimate of drug-likeness (QED) is 0.758. The van der Waals surface area contributed by atoms with Gasteiger partial charge in [-0.25, -0.2) is 4.39 Å². The summed E-state index contributed by atoms with van der Waals surface area (Å²) in [6.07, 6.45) is 0. The number of carbonyl (C=O) groups is 2. The maximum Gasteiger partial charge on any atom is 0.253 e. The summed E-state index contributed by atoms with van der Waals surface area (Å²) in [5.41, 5.74) is 6.23. The summed E-state index contributed by atoms with van der Waals surface area (Å²) in [5, 5.41) is 2.70. The molecular weight excluding hydrogens is 327 g/mol. The molecule has 1 aliphatic heterocycles. The van der Waals surface area contributed by atoms with Crippen LogP contribution in [0.2, 0.25) is 0 Å². The van der Waals surface area contributed by atoms with E-state index in [0.717, 1.165) is 0 Å². The smallest absolute Gasteiger partial charge is 0.253 e. The lowest BCUT2D eigenvalue weighted by molar-refractivity contribution is -0.125. The second-order valence-electron chi connectivity index (χ2n) is 5.73. The number of halogens is 1. The van der Waals surface area contributed by atoms with Crippen LogP contribution < -0.4 is 16.0 Å². The first kappa shape index (κ1) is 19.3. The fraction of sp³-hybridized carbons (Fsp3) is 0.529. The van der Waals surface area contributed by atoms with Crippen LogP contribution in [0.25, 0.3) is 0 Å². The van der Waals surface area contributed by atoms with E-state index in [1.165, 1.54) is 17.0 Å². The number of amides is 2. The van der Waals surface area contributed by atoms with Crippen molar-refractivity contribution >= 4 is 23.2 Å². The topological polar surface area (TPSA) is 87.9 Å². The van der Waals surface area contributed by atoms with Crippen LogP contribution in [0.3, 0.4) is 0 Å². The van der Waals surface area contributed by atoms with Gasteiger partial charge in [0.1, 0.15) is 18.5 Å². The van der Waals surface area contributed by atoms with E-state index in [2.05, 4.69) is 5.32 Å². The maximum absolute atomic E-state index is 14.4. The molecule has 1 heterocycles. The third-order valence-corrected chi connectivity index (χ3v) is 4.27. The Hall–Kier alpha value is -2.03. The highest BCUT2D eigenvalue weighted by molar-refractivity contribution is 5.97. The van der Waals surface area contributed by atoms with E-state index < -0.39 is 11.9 Å². The number of hydrogen-bond acceptors (Lipinski definition) is 5. The monoisotopic (exact) mass is 352 g/mol. The molecule has 25 heavy (non-hydrogen) atoms. The number of nitrogens with one attached hydrogen (secondary N) is 1. The van der Waals surface area contributed by atoms with Crippen molar-refractivity contribution in [2.45, 2.75) is 19.9 Å². The summed E-state index contributed by atoms with van der Waals surface area (Å²) in [6, 6.07) is 3.81. The lowest BCUT2D eigenvalue weighted by atomic mass is 10.2. The number of carbonyl (C=O) groups excluding carboxylic acids is 2. The van der Waals surface area contributed by atoms with Crippen LogP contribution in [-0.2, 0) is 14.3 Å². The van der Waals surface area contributed by atoms with E-state index in [9.17, 15) is 14.0 Å². The van der Waals surface area contributed by atoms with Gasteiger partial charge in [0, 0.05) is 18.8 Å². The van der Waals surface area contributed by atoms with Gasteiger partial charge in [0.2, 0.25) is 5.91 Å². The fourth-order valence-electron chi connectivity index (χ4n) is 2.89. The molecule has 1 aromatic rings. The van der Waals surface area contributed by atoms with Crippen molar-refractivity contribution in [3.05, 3.63) is 24.0 Å². The number of nitrogens with two attached hydrogens (primary N) is 1. The highest BCUT2D eigenvalue weighted by Crippen LogP contribution is 2.24. The molecule has 0 saturated carbocycles. The minimum Gasteiger partial charge on any atom is -0.370 e. The van der Waals surface area contributed by atoms with Gasteiger partial charge in [-0.2, -0.15) is 0 Å². The van der Waals surface area contributed by atoms with Gasteiger partial charge in [-0.05, 0) is 31.3 Å². The van der Waals surface area contributed by atoms with Gasteiger partial charge in [-0.3, -0.25) is 14.5 Å². The van der Waals surface area contributed by atoms with Crippen molar-refractivity contribution in [2.75, 3.05) is 49.6 Å². The summed E-state index contributed by atoms with van der Waals surface area (Å²) in [6.45, 7) is 6.08. The molecule has 0 bridgehead atoms. The number of hydrogen-bond donors (Lipinski definition) is 2. The highest BCUT2D eigenvalue weighted by Gasteiger charge is 2.25. The molecule has 1 saturated heterocycles. The molecule has 0 radical (unpaired) electrons. The lowest BCUT2D eigenvalue weighted by Crippen LogP contribution is -2.48. The molecule has 1 aliphatic rings. The van der Waals surface area contributed by atoms with Crippen molar-refractivity contribution in [1.29, 1.82) is 0 Å². The molecule has 0 unspecified atom stereocenters. The van der Waals surface area contributed by atoms with Gasteiger partial charge in [-0.15, -0.1) is 0 Å². The number of rotatable bonds is 7. The average molecular weight is 352 g/mol. The Bertz CT molecular complexity index is 622. The van der Waals surface area contributed by atoms with E-state index in [-0.39, 0.29) is 30.7 Å². The predicted molar refractivity (Wildman–Crippen MR) is 94.0 cm³/mol. The Morgan fingerprint density at radius 2 is 2.16 bits per heavy atom. The van der Waals surface area contributed by atoms with Crippen molar-refractivity contribution in [1.82, 2.24) is 4.90 Å². The molecule has 1 fully saturated rings. The molecular formula is C17H25FN4O3. The highest BCUT2D eigenvalue weighted by atomic mass is 19.1. The van der Waals surface area contributed by atoms with Crippen molar-refractivity contribution in [3.63, 3.8) is 0 Å². The van der Waals surface area contributed by atoms with Gasteiger partial charge < -0.3 is 20.7 Å². The van der Waals surface area contributed by atoms with E-state index in [1.54, 1.807) is 6.07 Å². The maximum atomic E-state index is 14.4. The number of anilines is 2. The zero-order valence-corrected chi connectivity index (χ0v) is 14.6. The molecule has 2 rings (SSSR count). The molecule has 7 nitrogen and oxygen atoms in total. The number of ether oxygens (including phenoxy) is 1. The molecule has 3 N–H and O–H groups in total. The number of morpholine rings is 1. The van der Waals surface area contributed by atoms with Gasteiger partial charge in [-0.1, -0.05) is 13.8 Å². The molecule has 1 atom stereocenters.